The normalized spacial score (nSPS) is 9.74. The number of imide groups is 1. The fraction of sp³-hybridized carbons (Fsp3) is 0.182. The first-order valence-electron chi connectivity index (χ1n) is 5.10. The topological polar surface area (TPSA) is 98.5 Å². The molecule has 6 nitrogen and oxygen atoms in total. The van der Waals surface area contributed by atoms with Gasteiger partial charge < -0.3 is 10.5 Å². The van der Waals surface area contributed by atoms with Crippen LogP contribution in [0.4, 0.5) is 4.79 Å². The summed E-state index contributed by atoms with van der Waals surface area (Å²) in [6, 6.07) is 6.43. The van der Waals surface area contributed by atoms with Gasteiger partial charge in [-0.3, -0.25) is 14.9 Å². The Hall–Kier alpha value is -1.54. The highest BCUT2D eigenvalue weighted by molar-refractivity contribution is 9.10. The third kappa shape index (κ3) is 6.82. The van der Waals surface area contributed by atoms with Gasteiger partial charge in [-0.05, 0) is 24.3 Å². The minimum Gasteiger partial charge on any atom is -0.455 e. The molecule has 19 heavy (non-hydrogen) atoms. The number of rotatable bonds is 5. The summed E-state index contributed by atoms with van der Waals surface area (Å²) >= 11 is 4.59. The van der Waals surface area contributed by atoms with Crippen molar-refractivity contribution >= 4 is 45.6 Å². The Balaban J connectivity index is 2.26. The molecule has 0 fully saturated rings. The van der Waals surface area contributed by atoms with Crippen LogP contribution in [0.15, 0.2) is 33.6 Å². The molecule has 1 aromatic carbocycles. The third-order valence-electron chi connectivity index (χ3n) is 1.80. The number of ether oxygens (including phenoxy) is 1. The van der Waals surface area contributed by atoms with E-state index in [0.29, 0.717) is 0 Å². The minimum absolute atomic E-state index is 0.0749. The Labute approximate surface area is 122 Å². The van der Waals surface area contributed by atoms with Gasteiger partial charge >= 0.3 is 12.0 Å². The summed E-state index contributed by atoms with van der Waals surface area (Å²) in [5.41, 5.74) is 4.73. The molecule has 0 heterocycles. The zero-order chi connectivity index (χ0) is 14.3. The summed E-state index contributed by atoms with van der Waals surface area (Å²) < 4.78 is 5.61. The maximum atomic E-state index is 11.3. The summed E-state index contributed by atoms with van der Waals surface area (Å²) in [6.45, 7) is -0.525. The van der Waals surface area contributed by atoms with Gasteiger partial charge in [0.1, 0.15) is 0 Å². The number of amides is 3. The van der Waals surface area contributed by atoms with E-state index in [-0.39, 0.29) is 5.75 Å². The van der Waals surface area contributed by atoms with Crippen LogP contribution in [-0.4, -0.2) is 30.3 Å². The maximum Gasteiger partial charge on any atom is 0.318 e. The molecular weight excluding hydrogens is 336 g/mol. The Morgan fingerprint density at radius 1 is 1.26 bits per heavy atom. The number of carbonyl (C=O) groups excluding carboxylic acids is 3. The molecule has 0 radical (unpaired) electrons. The number of nitrogens with one attached hydrogen (secondary N) is 1. The highest BCUT2D eigenvalue weighted by Gasteiger charge is 2.09. The maximum absolute atomic E-state index is 11.3. The molecule has 0 aliphatic rings. The van der Waals surface area contributed by atoms with Crippen LogP contribution >= 0.6 is 27.7 Å². The van der Waals surface area contributed by atoms with E-state index in [1.807, 2.05) is 24.3 Å². The molecule has 102 valence electrons. The molecule has 1 rings (SSSR count). The van der Waals surface area contributed by atoms with E-state index in [4.69, 9.17) is 5.73 Å². The first-order chi connectivity index (χ1) is 8.97. The number of primary amides is 1. The monoisotopic (exact) mass is 346 g/mol. The second kappa shape index (κ2) is 7.80. The Bertz CT molecular complexity index is 478. The Kier molecular flexibility index (Phi) is 6.37. The van der Waals surface area contributed by atoms with Crippen LogP contribution < -0.4 is 11.1 Å². The van der Waals surface area contributed by atoms with Gasteiger partial charge in [-0.2, -0.15) is 0 Å². The highest BCUT2D eigenvalue weighted by atomic mass is 79.9. The number of thioether (sulfide) groups is 1. The number of nitrogens with two attached hydrogens (primary N) is 1. The predicted octanol–water partition coefficient (Wildman–Crippen LogP) is 1.28. The van der Waals surface area contributed by atoms with Gasteiger partial charge in [0, 0.05) is 9.37 Å². The van der Waals surface area contributed by atoms with Gasteiger partial charge in [0.05, 0.1) is 5.75 Å². The summed E-state index contributed by atoms with van der Waals surface area (Å²) in [6.07, 6.45) is 0. The molecule has 0 saturated heterocycles. The molecular formula is C11H11BrN2O4S. The molecule has 0 aliphatic heterocycles. The Morgan fingerprint density at radius 3 is 2.47 bits per heavy atom. The molecule has 0 atom stereocenters. The van der Waals surface area contributed by atoms with Crippen LogP contribution in [0.25, 0.3) is 0 Å². The smallest absolute Gasteiger partial charge is 0.318 e. The van der Waals surface area contributed by atoms with Crippen LogP contribution in [0.2, 0.25) is 0 Å². The van der Waals surface area contributed by atoms with E-state index in [1.165, 1.54) is 11.8 Å². The number of halogens is 1. The van der Waals surface area contributed by atoms with Gasteiger partial charge in [0.15, 0.2) is 6.61 Å². The Morgan fingerprint density at radius 2 is 1.89 bits per heavy atom. The van der Waals surface area contributed by atoms with Crippen molar-refractivity contribution in [1.29, 1.82) is 0 Å². The SMILES string of the molecule is NC(=O)NC(=O)COC(=O)CSc1ccc(Br)cc1. The molecule has 0 saturated carbocycles. The summed E-state index contributed by atoms with van der Waals surface area (Å²) in [7, 11) is 0. The molecule has 0 unspecified atom stereocenters. The van der Waals surface area contributed by atoms with Crippen molar-refractivity contribution in [3.63, 3.8) is 0 Å². The van der Waals surface area contributed by atoms with Crippen LogP contribution in [0.1, 0.15) is 0 Å². The first kappa shape index (κ1) is 15.5. The lowest BCUT2D eigenvalue weighted by Crippen LogP contribution is -2.37. The predicted molar refractivity (Wildman–Crippen MR) is 73.6 cm³/mol. The molecule has 0 bridgehead atoms. The van der Waals surface area contributed by atoms with Crippen molar-refractivity contribution in [2.45, 2.75) is 4.90 Å². The van der Waals surface area contributed by atoms with Crippen LogP contribution in [0.5, 0.6) is 0 Å². The van der Waals surface area contributed by atoms with Gasteiger partial charge in [-0.1, -0.05) is 15.9 Å². The highest BCUT2D eigenvalue weighted by Crippen LogP contribution is 2.20. The van der Waals surface area contributed by atoms with E-state index in [9.17, 15) is 14.4 Å². The molecule has 3 N–H and O–H groups in total. The van der Waals surface area contributed by atoms with Crippen molar-refractivity contribution in [1.82, 2.24) is 5.32 Å². The second-order valence-electron chi connectivity index (χ2n) is 3.32. The fourth-order valence-corrected chi connectivity index (χ4v) is 2.00. The van der Waals surface area contributed by atoms with E-state index in [2.05, 4.69) is 20.7 Å². The quantitative estimate of drug-likeness (QED) is 0.618. The van der Waals surface area contributed by atoms with E-state index in [1.54, 1.807) is 5.32 Å². The van der Waals surface area contributed by atoms with Crippen molar-refractivity contribution in [2.24, 2.45) is 5.73 Å². The minimum atomic E-state index is -0.981. The third-order valence-corrected chi connectivity index (χ3v) is 3.31. The van der Waals surface area contributed by atoms with E-state index >= 15 is 0 Å². The zero-order valence-corrected chi connectivity index (χ0v) is 12.1. The van der Waals surface area contributed by atoms with Crippen molar-refractivity contribution < 1.29 is 19.1 Å². The van der Waals surface area contributed by atoms with E-state index < -0.39 is 24.5 Å². The first-order valence-corrected chi connectivity index (χ1v) is 6.88. The van der Waals surface area contributed by atoms with Gasteiger partial charge in [0.25, 0.3) is 5.91 Å². The lowest BCUT2D eigenvalue weighted by Gasteiger charge is -2.04. The van der Waals surface area contributed by atoms with E-state index in [0.717, 1.165) is 9.37 Å². The van der Waals surface area contributed by atoms with Gasteiger partial charge in [0.2, 0.25) is 0 Å². The van der Waals surface area contributed by atoms with Crippen LogP contribution in [0.3, 0.4) is 0 Å². The van der Waals surface area contributed by atoms with Crippen molar-refractivity contribution in [3.05, 3.63) is 28.7 Å². The van der Waals surface area contributed by atoms with Gasteiger partial charge in [-0.15, -0.1) is 11.8 Å². The molecule has 0 aliphatic carbocycles. The molecule has 0 spiro atoms. The lowest BCUT2D eigenvalue weighted by atomic mass is 10.4. The largest absolute Gasteiger partial charge is 0.455 e. The molecule has 3 amide bonds. The number of hydrogen-bond donors (Lipinski definition) is 2. The van der Waals surface area contributed by atoms with Crippen molar-refractivity contribution in [3.8, 4) is 0 Å². The number of urea groups is 1. The summed E-state index contributed by atoms with van der Waals surface area (Å²) in [5, 5.41) is 1.79. The van der Waals surface area contributed by atoms with Crippen molar-refractivity contribution in [2.75, 3.05) is 12.4 Å². The zero-order valence-electron chi connectivity index (χ0n) is 9.72. The fourth-order valence-electron chi connectivity index (χ4n) is 1.03. The molecule has 1 aromatic rings. The average Bonchev–Trinajstić information content (AvgIpc) is 2.35. The number of esters is 1. The standard InChI is InChI=1S/C11H11BrN2O4S/c12-7-1-3-8(4-2-7)19-6-10(16)18-5-9(15)14-11(13)17/h1-4H,5-6H2,(H3,13,14,15,17). The number of carbonyl (C=O) groups is 3. The van der Waals surface area contributed by atoms with Crippen LogP contribution in [-0.2, 0) is 14.3 Å². The van der Waals surface area contributed by atoms with Crippen LogP contribution in [0, 0.1) is 0 Å². The summed E-state index contributed by atoms with van der Waals surface area (Å²) in [5.74, 6) is -1.23. The lowest BCUT2D eigenvalue weighted by molar-refractivity contribution is -0.145. The molecule has 0 aromatic heterocycles. The second-order valence-corrected chi connectivity index (χ2v) is 5.28. The number of benzene rings is 1. The van der Waals surface area contributed by atoms with Gasteiger partial charge in [-0.25, -0.2) is 4.79 Å². The average molecular weight is 347 g/mol. The molecule has 8 heteroatoms. The number of hydrogen-bond acceptors (Lipinski definition) is 5. The summed E-state index contributed by atoms with van der Waals surface area (Å²) in [4.78, 5) is 33.5.